The van der Waals surface area contributed by atoms with Crippen molar-refractivity contribution in [2.75, 3.05) is 7.11 Å². The Balaban J connectivity index is 2.19. The maximum absolute atomic E-state index is 11.3. The Bertz CT molecular complexity index is 404. The minimum Gasteiger partial charge on any atom is -0.469 e. The number of halogens is 2. The van der Waals surface area contributed by atoms with E-state index < -0.39 is 0 Å². The zero-order chi connectivity index (χ0) is 11.0. The summed E-state index contributed by atoms with van der Waals surface area (Å²) in [6.07, 6.45) is 0.798. The molecule has 1 saturated carbocycles. The van der Waals surface area contributed by atoms with E-state index >= 15 is 0 Å². The molecular formula is C11H10Cl2O2. The maximum Gasteiger partial charge on any atom is 0.309 e. The second kappa shape index (κ2) is 4.03. The van der Waals surface area contributed by atoms with Gasteiger partial charge in [0.05, 0.1) is 13.0 Å². The highest BCUT2D eigenvalue weighted by Crippen LogP contribution is 2.50. The average Bonchev–Trinajstić information content (AvgIpc) is 3.00. The summed E-state index contributed by atoms with van der Waals surface area (Å²) in [5, 5.41) is 1.31. The van der Waals surface area contributed by atoms with Crippen LogP contribution in [0.25, 0.3) is 0 Å². The van der Waals surface area contributed by atoms with Gasteiger partial charge in [-0.2, -0.15) is 0 Å². The second-order valence-electron chi connectivity index (χ2n) is 3.64. The number of hydrogen-bond acceptors (Lipinski definition) is 2. The second-order valence-corrected chi connectivity index (χ2v) is 4.48. The monoisotopic (exact) mass is 244 g/mol. The summed E-state index contributed by atoms with van der Waals surface area (Å²) in [5.41, 5.74) is 0.944. The molecule has 1 aromatic rings. The Labute approximate surface area is 98.1 Å². The lowest BCUT2D eigenvalue weighted by Gasteiger charge is -2.03. The molecule has 1 aliphatic rings. The predicted molar refractivity (Wildman–Crippen MR) is 59.3 cm³/mol. The summed E-state index contributed by atoms with van der Waals surface area (Å²) < 4.78 is 4.68. The normalized spacial score (nSPS) is 23.7. The summed E-state index contributed by atoms with van der Waals surface area (Å²) >= 11 is 11.9. The molecule has 2 rings (SSSR count). The molecule has 0 aliphatic heterocycles. The Morgan fingerprint density at radius 3 is 2.87 bits per heavy atom. The van der Waals surface area contributed by atoms with E-state index in [4.69, 9.17) is 23.2 Å². The van der Waals surface area contributed by atoms with Crippen molar-refractivity contribution in [1.82, 2.24) is 0 Å². The third-order valence-corrected chi connectivity index (χ3v) is 3.23. The van der Waals surface area contributed by atoms with Crippen molar-refractivity contribution in [1.29, 1.82) is 0 Å². The van der Waals surface area contributed by atoms with E-state index in [1.54, 1.807) is 12.1 Å². The van der Waals surface area contributed by atoms with Crippen LogP contribution in [0, 0.1) is 5.92 Å². The van der Waals surface area contributed by atoms with Crippen LogP contribution in [0.4, 0.5) is 0 Å². The van der Waals surface area contributed by atoms with Gasteiger partial charge >= 0.3 is 5.97 Å². The van der Waals surface area contributed by atoms with Crippen LogP contribution in [0.3, 0.4) is 0 Å². The lowest BCUT2D eigenvalue weighted by molar-refractivity contribution is -0.142. The number of rotatable bonds is 2. The van der Waals surface area contributed by atoms with Crippen LogP contribution in [-0.4, -0.2) is 13.1 Å². The first-order valence-electron chi connectivity index (χ1n) is 4.66. The molecule has 0 unspecified atom stereocenters. The van der Waals surface area contributed by atoms with Crippen molar-refractivity contribution in [3.05, 3.63) is 33.8 Å². The van der Waals surface area contributed by atoms with Crippen LogP contribution in [-0.2, 0) is 9.53 Å². The molecule has 0 amide bonds. The van der Waals surface area contributed by atoms with Crippen LogP contribution in [0.15, 0.2) is 18.2 Å². The smallest absolute Gasteiger partial charge is 0.309 e. The Morgan fingerprint density at radius 1 is 1.47 bits per heavy atom. The highest BCUT2D eigenvalue weighted by atomic mass is 35.5. The van der Waals surface area contributed by atoms with Crippen LogP contribution in [0.2, 0.25) is 10.0 Å². The number of esters is 1. The molecule has 0 radical (unpaired) electrons. The Hall–Kier alpha value is -0.730. The molecule has 1 fully saturated rings. The first kappa shape index (κ1) is 10.8. The molecule has 0 heterocycles. The first-order chi connectivity index (χ1) is 7.13. The molecule has 15 heavy (non-hydrogen) atoms. The van der Waals surface area contributed by atoms with Gasteiger partial charge in [-0.1, -0.05) is 23.2 Å². The number of carbonyl (C=O) groups is 1. The number of ether oxygens (including phenoxy) is 1. The quantitative estimate of drug-likeness (QED) is 0.747. The topological polar surface area (TPSA) is 26.3 Å². The third kappa shape index (κ3) is 2.11. The molecule has 0 spiro atoms. The molecule has 4 heteroatoms. The van der Waals surface area contributed by atoms with Crippen LogP contribution in [0.1, 0.15) is 17.9 Å². The van der Waals surface area contributed by atoms with Crippen LogP contribution < -0.4 is 0 Å². The van der Waals surface area contributed by atoms with E-state index in [0.29, 0.717) is 10.0 Å². The average molecular weight is 245 g/mol. The molecule has 0 saturated heterocycles. The predicted octanol–water partition coefficient (Wildman–Crippen LogP) is 3.27. The first-order valence-corrected chi connectivity index (χ1v) is 5.42. The van der Waals surface area contributed by atoms with Crippen LogP contribution >= 0.6 is 23.2 Å². The molecule has 2 nitrogen and oxygen atoms in total. The fourth-order valence-corrected chi connectivity index (χ4v) is 2.19. The third-order valence-electron chi connectivity index (χ3n) is 2.65. The molecule has 0 bridgehead atoms. The van der Waals surface area contributed by atoms with Gasteiger partial charge in [-0.25, -0.2) is 0 Å². The number of hydrogen-bond donors (Lipinski definition) is 0. The zero-order valence-electron chi connectivity index (χ0n) is 8.17. The van der Waals surface area contributed by atoms with Gasteiger partial charge in [0.2, 0.25) is 0 Å². The van der Waals surface area contributed by atoms with Crippen LogP contribution in [0.5, 0.6) is 0 Å². The molecule has 1 aromatic carbocycles. The summed E-state index contributed by atoms with van der Waals surface area (Å²) in [6, 6.07) is 5.31. The van der Waals surface area contributed by atoms with Crippen molar-refractivity contribution in [3.63, 3.8) is 0 Å². The van der Waals surface area contributed by atoms with Crippen molar-refractivity contribution in [2.24, 2.45) is 5.92 Å². The molecule has 80 valence electrons. The van der Waals surface area contributed by atoms with E-state index in [2.05, 4.69) is 4.74 Å². The van der Waals surface area contributed by atoms with Gasteiger partial charge in [-0.05, 0) is 36.1 Å². The van der Waals surface area contributed by atoms with Crippen molar-refractivity contribution < 1.29 is 9.53 Å². The van der Waals surface area contributed by atoms with Gasteiger partial charge in [0.15, 0.2) is 0 Å². The van der Waals surface area contributed by atoms with E-state index in [1.165, 1.54) is 7.11 Å². The molecule has 0 aromatic heterocycles. The van der Waals surface area contributed by atoms with E-state index in [0.717, 1.165) is 12.0 Å². The zero-order valence-corrected chi connectivity index (χ0v) is 9.68. The molecule has 0 N–H and O–H groups in total. The van der Waals surface area contributed by atoms with E-state index in [9.17, 15) is 4.79 Å². The number of carbonyl (C=O) groups excluding carboxylic acids is 1. The summed E-state index contributed by atoms with van der Waals surface area (Å²) in [6.45, 7) is 0. The SMILES string of the molecule is COC(=O)[C@H]1C[C@@H]1c1cc(Cl)ccc1Cl. The lowest BCUT2D eigenvalue weighted by atomic mass is 10.1. The Morgan fingerprint density at radius 2 is 2.20 bits per heavy atom. The summed E-state index contributed by atoms with van der Waals surface area (Å²) in [7, 11) is 1.40. The number of benzene rings is 1. The highest BCUT2D eigenvalue weighted by molar-refractivity contribution is 6.33. The van der Waals surface area contributed by atoms with Gasteiger partial charge in [-0.15, -0.1) is 0 Å². The van der Waals surface area contributed by atoms with Crippen molar-refractivity contribution in [2.45, 2.75) is 12.3 Å². The van der Waals surface area contributed by atoms with Gasteiger partial charge in [0.1, 0.15) is 0 Å². The van der Waals surface area contributed by atoms with Crippen molar-refractivity contribution >= 4 is 29.2 Å². The lowest BCUT2D eigenvalue weighted by Crippen LogP contribution is -2.04. The van der Waals surface area contributed by atoms with E-state index in [1.807, 2.05) is 6.07 Å². The summed E-state index contributed by atoms with van der Waals surface area (Å²) in [4.78, 5) is 11.3. The maximum atomic E-state index is 11.3. The minimum absolute atomic E-state index is 0.0500. The number of methoxy groups -OCH3 is 1. The van der Waals surface area contributed by atoms with Gasteiger partial charge in [-0.3, -0.25) is 4.79 Å². The Kier molecular flexibility index (Phi) is 2.89. The summed E-state index contributed by atoms with van der Waals surface area (Å²) in [5.74, 6) is -0.0503. The van der Waals surface area contributed by atoms with E-state index in [-0.39, 0.29) is 17.8 Å². The standard InChI is InChI=1S/C11H10Cl2O2/c1-15-11(14)9-5-7(9)8-4-6(12)2-3-10(8)13/h2-4,7,9H,5H2,1H3/t7-,9+/m1/s1. The van der Waals surface area contributed by atoms with Crippen molar-refractivity contribution in [3.8, 4) is 0 Å². The van der Waals surface area contributed by atoms with Gasteiger partial charge in [0, 0.05) is 10.0 Å². The van der Waals surface area contributed by atoms with Gasteiger partial charge in [0.25, 0.3) is 0 Å². The molecule has 2 atom stereocenters. The fourth-order valence-electron chi connectivity index (χ4n) is 1.75. The fraction of sp³-hybridized carbons (Fsp3) is 0.364. The molecule has 1 aliphatic carbocycles. The van der Waals surface area contributed by atoms with Gasteiger partial charge < -0.3 is 4.74 Å². The highest BCUT2D eigenvalue weighted by Gasteiger charge is 2.45. The largest absolute Gasteiger partial charge is 0.469 e. The molecular weight excluding hydrogens is 235 g/mol. The minimum atomic E-state index is -0.170.